The van der Waals surface area contributed by atoms with Crippen molar-refractivity contribution in [2.24, 2.45) is 5.41 Å². The topological polar surface area (TPSA) is 115 Å². The molecule has 37 heavy (non-hydrogen) atoms. The molecule has 1 atom stereocenters. The largest absolute Gasteiger partial charge is 0.386 e. The van der Waals surface area contributed by atoms with E-state index in [9.17, 15) is 19.1 Å². The van der Waals surface area contributed by atoms with Crippen LogP contribution in [0.25, 0.3) is 11.3 Å². The number of aliphatic hydroxyl groups is 1. The van der Waals surface area contributed by atoms with Crippen LogP contribution in [0, 0.1) is 16.7 Å². The number of aromatic nitrogens is 2. The highest BCUT2D eigenvalue weighted by molar-refractivity contribution is 6.33. The Hall–Kier alpha value is -2.58. The van der Waals surface area contributed by atoms with Crippen molar-refractivity contribution in [1.82, 2.24) is 15.3 Å². The van der Waals surface area contributed by atoms with E-state index in [4.69, 9.17) is 21.3 Å². The molecule has 0 radical (unpaired) electrons. The Morgan fingerprint density at radius 1 is 1.16 bits per heavy atom. The molecular formula is C26H33ClF2N6O2. The highest BCUT2D eigenvalue weighted by atomic mass is 35.5. The zero-order valence-electron chi connectivity index (χ0n) is 20.6. The molecule has 1 saturated carbocycles. The van der Waals surface area contributed by atoms with Crippen LogP contribution in [0.5, 0.6) is 0 Å². The summed E-state index contributed by atoms with van der Waals surface area (Å²) in [6, 6.07) is 10.3. The molecule has 2 aliphatic rings. The van der Waals surface area contributed by atoms with Crippen LogP contribution in [0.2, 0.25) is 5.02 Å². The molecule has 11 heteroatoms. The van der Waals surface area contributed by atoms with E-state index in [1.807, 2.05) is 24.3 Å². The molecule has 2 aromatic heterocycles. The van der Waals surface area contributed by atoms with E-state index in [1.54, 1.807) is 6.20 Å². The molecular weight excluding hydrogens is 502 g/mol. The smallest absolute Gasteiger partial charge is 0.265 e. The van der Waals surface area contributed by atoms with Crippen molar-refractivity contribution in [2.45, 2.75) is 63.1 Å². The quantitative estimate of drug-likeness (QED) is 0.353. The van der Waals surface area contributed by atoms with Gasteiger partial charge in [-0.05, 0) is 56.7 Å². The number of halogens is 3. The fourth-order valence-corrected chi connectivity index (χ4v) is 4.97. The second kappa shape index (κ2) is 12.8. The van der Waals surface area contributed by atoms with E-state index >= 15 is 0 Å². The molecule has 1 saturated heterocycles. The Labute approximate surface area is 220 Å². The second-order valence-electron chi connectivity index (χ2n) is 9.82. The summed E-state index contributed by atoms with van der Waals surface area (Å²) in [7, 11) is 0. The molecule has 0 spiro atoms. The third-order valence-electron chi connectivity index (χ3n) is 7.16. The van der Waals surface area contributed by atoms with Crippen LogP contribution in [0.4, 0.5) is 20.4 Å². The molecule has 3 heterocycles. The standard InChI is InChI=1S/C26H33ClF2N6O2/c27-20-13-32-24(34-18-6-4-17(5-7-18)31-14-22(36)25(28)29)12-19(20)21-2-1-3-23(35-21)33-16-26(15-30)8-10-37-11-9-26/h1-3,12-13,17-18,22,25,31,36H,4-11,14,16H2,(H,32,34)(H,33,35). The number of nitrogens with one attached hydrogen (secondary N) is 3. The van der Waals surface area contributed by atoms with E-state index in [1.165, 1.54) is 0 Å². The summed E-state index contributed by atoms with van der Waals surface area (Å²) < 4.78 is 30.4. The highest BCUT2D eigenvalue weighted by Gasteiger charge is 2.32. The first-order chi connectivity index (χ1) is 17.9. The van der Waals surface area contributed by atoms with Gasteiger partial charge in [-0.1, -0.05) is 17.7 Å². The summed E-state index contributed by atoms with van der Waals surface area (Å²) in [5.41, 5.74) is 0.989. The minimum atomic E-state index is -2.73. The molecule has 8 nitrogen and oxygen atoms in total. The lowest BCUT2D eigenvalue weighted by Crippen LogP contribution is -2.42. The fraction of sp³-hybridized carbons (Fsp3) is 0.577. The summed E-state index contributed by atoms with van der Waals surface area (Å²) in [6.45, 7) is 1.57. The first-order valence-corrected chi connectivity index (χ1v) is 13.1. The first kappa shape index (κ1) is 27.5. The molecule has 4 N–H and O–H groups in total. The summed E-state index contributed by atoms with van der Waals surface area (Å²) in [5.74, 6) is 1.36. The van der Waals surface area contributed by atoms with Crippen LogP contribution in [0.3, 0.4) is 0 Å². The molecule has 1 aliphatic carbocycles. The number of hydrogen-bond acceptors (Lipinski definition) is 8. The second-order valence-corrected chi connectivity index (χ2v) is 10.2. The van der Waals surface area contributed by atoms with Crippen molar-refractivity contribution in [1.29, 1.82) is 5.26 Å². The van der Waals surface area contributed by atoms with Gasteiger partial charge >= 0.3 is 0 Å². The Morgan fingerprint density at radius 3 is 2.59 bits per heavy atom. The van der Waals surface area contributed by atoms with Gasteiger partial charge in [0.15, 0.2) is 0 Å². The lowest BCUT2D eigenvalue weighted by atomic mass is 9.82. The molecule has 4 rings (SSSR count). The SMILES string of the molecule is N#CC1(CNc2cccc(-c3cc(NC4CCC(NCC(O)C(F)F)CC4)ncc3Cl)n2)CCOCC1. The molecule has 1 unspecified atom stereocenters. The lowest BCUT2D eigenvalue weighted by molar-refractivity contribution is -0.00520. The van der Waals surface area contributed by atoms with Gasteiger partial charge in [0.2, 0.25) is 0 Å². The van der Waals surface area contributed by atoms with E-state index < -0.39 is 17.9 Å². The van der Waals surface area contributed by atoms with Gasteiger partial charge in [-0.3, -0.25) is 0 Å². The molecule has 0 amide bonds. The summed E-state index contributed by atoms with van der Waals surface area (Å²) in [4.78, 5) is 9.15. The lowest BCUT2D eigenvalue weighted by Gasteiger charge is -2.31. The first-order valence-electron chi connectivity index (χ1n) is 12.7. The monoisotopic (exact) mass is 534 g/mol. The molecule has 2 aromatic rings. The van der Waals surface area contributed by atoms with Crippen LogP contribution in [-0.4, -0.2) is 66.0 Å². The van der Waals surface area contributed by atoms with Crippen LogP contribution in [-0.2, 0) is 4.74 Å². The number of ether oxygens (including phenoxy) is 1. The van der Waals surface area contributed by atoms with Crippen molar-refractivity contribution in [3.8, 4) is 17.3 Å². The number of alkyl halides is 2. The number of anilines is 2. The van der Waals surface area contributed by atoms with Gasteiger partial charge in [-0.25, -0.2) is 18.7 Å². The zero-order chi connectivity index (χ0) is 26.3. The molecule has 2 fully saturated rings. The summed E-state index contributed by atoms with van der Waals surface area (Å²) in [5, 5.41) is 29.3. The average Bonchev–Trinajstić information content (AvgIpc) is 2.93. The Kier molecular flexibility index (Phi) is 9.49. The Morgan fingerprint density at radius 2 is 1.89 bits per heavy atom. The average molecular weight is 535 g/mol. The van der Waals surface area contributed by atoms with Crippen LogP contribution in [0.1, 0.15) is 38.5 Å². The number of rotatable bonds is 10. The number of hydrogen-bond donors (Lipinski definition) is 4. The number of nitrogens with zero attached hydrogens (tertiary/aromatic N) is 3. The van der Waals surface area contributed by atoms with Gasteiger partial charge in [0.05, 0.1) is 22.2 Å². The third-order valence-corrected chi connectivity index (χ3v) is 7.46. The highest BCUT2D eigenvalue weighted by Crippen LogP contribution is 2.32. The molecule has 0 bridgehead atoms. The van der Waals surface area contributed by atoms with E-state index in [0.29, 0.717) is 55.0 Å². The maximum atomic E-state index is 12.5. The maximum Gasteiger partial charge on any atom is 0.265 e. The van der Waals surface area contributed by atoms with E-state index in [-0.39, 0.29) is 18.6 Å². The van der Waals surface area contributed by atoms with Crippen molar-refractivity contribution in [3.05, 3.63) is 35.5 Å². The molecule has 0 aromatic carbocycles. The summed E-state index contributed by atoms with van der Waals surface area (Å²) in [6.07, 6.45) is 1.96. The third kappa shape index (κ3) is 7.48. The van der Waals surface area contributed by atoms with Crippen molar-refractivity contribution >= 4 is 23.2 Å². The summed E-state index contributed by atoms with van der Waals surface area (Å²) >= 11 is 6.48. The molecule has 200 valence electrons. The maximum absolute atomic E-state index is 12.5. The van der Waals surface area contributed by atoms with Crippen LogP contribution in [0.15, 0.2) is 30.5 Å². The van der Waals surface area contributed by atoms with Gasteiger partial charge in [0.1, 0.15) is 17.7 Å². The van der Waals surface area contributed by atoms with Gasteiger partial charge in [-0.2, -0.15) is 5.26 Å². The predicted molar refractivity (Wildman–Crippen MR) is 139 cm³/mol. The van der Waals surface area contributed by atoms with E-state index in [2.05, 4.69) is 27.0 Å². The van der Waals surface area contributed by atoms with Gasteiger partial charge in [0.25, 0.3) is 6.43 Å². The fourth-order valence-electron chi connectivity index (χ4n) is 4.77. The normalized spacial score (nSPS) is 22.3. The van der Waals surface area contributed by atoms with Crippen molar-refractivity contribution in [2.75, 3.05) is 36.9 Å². The number of pyridine rings is 2. The van der Waals surface area contributed by atoms with Gasteiger partial charge in [0, 0.05) is 50.1 Å². The number of nitriles is 1. The minimum Gasteiger partial charge on any atom is -0.386 e. The van der Waals surface area contributed by atoms with Crippen molar-refractivity contribution in [3.63, 3.8) is 0 Å². The minimum absolute atomic E-state index is 0.102. The van der Waals surface area contributed by atoms with Crippen LogP contribution >= 0.6 is 11.6 Å². The number of aliphatic hydroxyl groups excluding tert-OH is 1. The van der Waals surface area contributed by atoms with Gasteiger partial charge < -0.3 is 25.8 Å². The van der Waals surface area contributed by atoms with E-state index in [0.717, 1.165) is 31.2 Å². The van der Waals surface area contributed by atoms with Crippen LogP contribution < -0.4 is 16.0 Å². The Balaban J connectivity index is 1.35. The zero-order valence-corrected chi connectivity index (χ0v) is 21.4. The van der Waals surface area contributed by atoms with Crippen molar-refractivity contribution < 1.29 is 18.6 Å². The molecule has 1 aliphatic heterocycles. The predicted octanol–water partition coefficient (Wildman–Crippen LogP) is 4.47. The van der Waals surface area contributed by atoms with Gasteiger partial charge in [-0.15, -0.1) is 0 Å². The Bertz CT molecular complexity index is 1070.